The van der Waals surface area contributed by atoms with Gasteiger partial charge in [-0.25, -0.2) is 39.0 Å². The number of alkyl halides is 3. The number of benzene rings is 4. The van der Waals surface area contributed by atoms with E-state index >= 15 is 0 Å². The van der Waals surface area contributed by atoms with Crippen molar-refractivity contribution in [1.82, 2.24) is 33.9 Å². The number of hydrogen-bond donors (Lipinski definition) is 1. The molecule has 71 heavy (non-hydrogen) atoms. The van der Waals surface area contributed by atoms with Crippen LogP contribution < -0.4 is 14.6 Å². The third-order valence-electron chi connectivity index (χ3n) is 11.0. The van der Waals surface area contributed by atoms with Crippen LogP contribution in [0.4, 0.5) is 33.5 Å². The topological polar surface area (TPSA) is 254 Å². The molecule has 30 heteroatoms. The predicted octanol–water partition coefficient (Wildman–Crippen LogP) is 5.34. The Balaban J connectivity index is 1.39. The number of piperazine rings is 1. The van der Waals surface area contributed by atoms with Crippen molar-refractivity contribution in [1.29, 1.82) is 0 Å². The normalized spacial score (nSPS) is 14.5. The molecular weight excluding hydrogens is 1100 g/mol. The van der Waals surface area contributed by atoms with Crippen LogP contribution in [0, 0.1) is 21.7 Å². The zero-order valence-electron chi connectivity index (χ0n) is 36.6. The standard InChI is InChI=1S/C41H36BrClF5N9O11S3/c1-3-69(63,64)57(70(65,66)4-2)39-36-30(43)11-12-33(37(36)54(51-39)22-41(46,47)48)55-38(50-31-18-24(42)5-10-29(31)40(55)60)32(17-23-15-25(44)19-26(45)16-23)49-34(58)20-52-13-14-53(21-35(52)59)71(67,68)28-8-6-27(7-9-28)56(61)62/h5-12,15-16,18-19,32H,3-4,13-14,17,20-22H2,1-2H3,(H,49,58)/t32-/m0/s1. The van der Waals surface area contributed by atoms with Crippen molar-refractivity contribution in [2.75, 3.05) is 41.4 Å². The van der Waals surface area contributed by atoms with Gasteiger partial charge in [0.1, 0.15) is 24.0 Å². The van der Waals surface area contributed by atoms with E-state index in [1.165, 1.54) is 18.2 Å². The van der Waals surface area contributed by atoms with Gasteiger partial charge in [-0.1, -0.05) is 27.5 Å². The summed E-state index contributed by atoms with van der Waals surface area (Å²) in [6.07, 6.45) is -5.77. The second-order valence-electron chi connectivity index (χ2n) is 15.7. The lowest BCUT2D eigenvalue weighted by Gasteiger charge is -2.33. The number of nitrogens with zero attached hydrogens (tertiary/aromatic N) is 8. The Kier molecular flexibility index (Phi) is 14.7. The smallest absolute Gasteiger partial charge is 0.344 e. The molecule has 0 saturated carbocycles. The molecule has 0 bridgehead atoms. The fourth-order valence-electron chi connectivity index (χ4n) is 7.68. The number of nitro groups is 1. The number of amides is 2. The van der Waals surface area contributed by atoms with Crippen LogP contribution in [0.3, 0.4) is 0 Å². The molecule has 1 saturated heterocycles. The van der Waals surface area contributed by atoms with E-state index in [9.17, 15) is 71.7 Å². The van der Waals surface area contributed by atoms with Gasteiger partial charge < -0.3 is 10.2 Å². The molecule has 378 valence electrons. The Morgan fingerprint density at radius 1 is 0.930 bits per heavy atom. The average Bonchev–Trinajstić information content (AvgIpc) is 3.63. The van der Waals surface area contributed by atoms with Crippen molar-refractivity contribution < 1.29 is 61.7 Å². The molecule has 20 nitrogen and oxygen atoms in total. The van der Waals surface area contributed by atoms with Crippen molar-refractivity contribution in [3.05, 3.63) is 126 Å². The van der Waals surface area contributed by atoms with Crippen LogP contribution in [0.15, 0.2) is 87.0 Å². The zero-order chi connectivity index (χ0) is 52.1. The molecule has 0 spiro atoms. The molecule has 0 aliphatic carbocycles. The number of hydrogen-bond acceptors (Lipinski definition) is 13. The summed E-state index contributed by atoms with van der Waals surface area (Å²) >= 11 is 9.89. The summed E-state index contributed by atoms with van der Waals surface area (Å²) in [5.41, 5.74) is -3.02. The summed E-state index contributed by atoms with van der Waals surface area (Å²) in [5, 5.41) is 16.2. The van der Waals surface area contributed by atoms with Crippen molar-refractivity contribution >= 4 is 103 Å². The third kappa shape index (κ3) is 10.9. The van der Waals surface area contributed by atoms with E-state index in [2.05, 4.69) is 31.3 Å². The molecule has 6 aromatic rings. The van der Waals surface area contributed by atoms with Gasteiger partial charge in [0.05, 0.1) is 73.0 Å². The maximum Gasteiger partial charge on any atom is 0.408 e. The number of carbonyl (C=O) groups is 2. The molecule has 1 atom stereocenters. The van der Waals surface area contributed by atoms with Gasteiger partial charge in [-0.2, -0.15) is 22.6 Å². The molecule has 1 fully saturated rings. The summed E-state index contributed by atoms with van der Waals surface area (Å²) in [4.78, 5) is 58.2. The van der Waals surface area contributed by atoms with Crippen LogP contribution in [0.5, 0.6) is 0 Å². The fourth-order valence-corrected chi connectivity index (χ4v) is 12.9. The number of rotatable bonds is 16. The number of aromatic nitrogens is 4. The maximum absolute atomic E-state index is 15.0. The average molecular weight is 1140 g/mol. The van der Waals surface area contributed by atoms with Crippen LogP contribution >= 0.6 is 27.5 Å². The second-order valence-corrected chi connectivity index (χ2v) is 23.4. The van der Waals surface area contributed by atoms with Gasteiger partial charge in [0.25, 0.3) is 11.2 Å². The highest BCUT2D eigenvalue weighted by molar-refractivity contribution is 9.10. The van der Waals surface area contributed by atoms with Gasteiger partial charge in [-0.15, -0.1) is 3.71 Å². The van der Waals surface area contributed by atoms with E-state index in [0.717, 1.165) is 71.6 Å². The summed E-state index contributed by atoms with van der Waals surface area (Å²) in [6, 6.07) is 10.6. The minimum absolute atomic E-state index is 0.0928. The summed E-state index contributed by atoms with van der Waals surface area (Å²) in [6.45, 7) is -2.19. The number of non-ortho nitro benzene ring substituents is 1. The van der Waals surface area contributed by atoms with Crippen LogP contribution in [-0.2, 0) is 52.6 Å². The Morgan fingerprint density at radius 2 is 1.56 bits per heavy atom. The molecule has 2 amide bonds. The number of nitrogens with one attached hydrogen (secondary N) is 1. The van der Waals surface area contributed by atoms with Crippen LogP contribution in [0.1, 0.15) is 31.3 Å². The first-order valence-corrected chi connectivity index (χ1v) is 26.5. The van der Waals surface area contributed by atoms with Crippen LogP contribution in [0.2, 0.25) is 5.02 Å². The van der Waals surface area contributed by atoms with Crippen LogP contribution in [0.25, 0.3) is 27.5 Å². The second kappa shape index (κ2) is 19.8. The lowest BCUT2D eigenvalue weighted by molar-refractivity contribution is -0.384. The van der Waals surface area contributed by atoms with Crippen LogP contribution in [-0.4, -0.2) is 114 Å². The van der Waals surface area contributed by atoms with E-state index < -0.39 is 147 Å². The first-order chi connectivity index (χ1) is 33.1. The van der Waals surface area contributed by atoms with E-state index in [1.807, 2.05) is 0 Å². The molecule has 0 radical (unpaired) electrons. The first-order valence-electron chi connectivity index (χ1n) is 20.7. The quantitative estimate of drug-likeness (QED) is 0.0731. The van der Waals surface area contributed by atoms with Gasteiger partial charge in [-0.3, -0.25) is 33.7 Å². The van der Waals surface area contributed by atoms with E-state index in [1.54, 1.807) is 0 Å². The molecule has 2 aromatic heterocycles. The fraction of sp³-hybridized carbons (Fsp3) is 0.293. The number of sulfonamides is 3. The first kappa shape index (κ1) is 52.7. The molecule has 3 heterocycles. The van der Waals surface area contributed by atoms with Crippen molar-refractivity contribution in [3.63, 3.8) is 0 Å². The van der Waals surface area contributed by atoms with Gasteiger partial charge in [0.15, 0.2) is 5.82 Å². The Labute approximate surface area is 413 Å². The Morgan fingerprint density at radius 3 is 2.14 bits per heavy atom. The number of halogens is 7. The van der Waals surface area contributed by atoms with Gasteiger partial charge >= 0.3 is 6.18 Å². The molecule has 7 rings (SSSR count). The molecule has 1 aliphatic heterocycles. The van der Waals surface area contributed by atoms with E-state index in [-0.39, 0.29) is 48.5 Å². The summed E-state index contributed by atoms with van der Waals surface area (Å²) in [5.74, 6) is -7.44. The van der Waals surface area contributed by atoms with E-state index in [4.69, 9.17) is 11.6 Å². The Hall–Kier alpha value is -6.14. The van der Waals surface area contributed by atoms with Gasteiger partial charge in [-0.05, 0) is 74.0 Å². The zero-order valence-corrected chi connectivity index (χ0v) is 41.4. The highest BCUT2D eigenvalue weighted by Gasteiger charge is 2.40. The number of fused-ring (bicyclic) bond motifs is 2. The SMILES string of the molecule is CCS(=O)(=O)N(c1nn(CC(F)(F)F)c2c(-n3c([C@H](Cc4cc(F)cc(F)c4)NC(=O)CN4CCN(S(=O)(=O)c5ccc([N+](=O)[O-])cc5)CC4=O)nc4cc(Br)ccc4c3=O)ccc(Cl)c12)S(=O)(=O)CC. The van der Waals surface area contributed by atoms with Gasteiger partial charge in [0, 0.05) is 42.2 Å². The highest BCUT2D eigenvalue weighted by atomic mass is 79.9. The molecule has 4 aromatic carbocycles. The molecule has 1 N–H and O–H groups in total. The Bertz CT molecular complexity index is 3510. The van der Waals surface area contributed by atoms with Crippen molar-refractivity contribution in [2.24, 2.45) is 0 Å². The largest absolute Gasteiger partial charge is 0.408 e. The number of carbonyl (C=O) groups excluding carboxylic acids is 2. The monoisotopic (exact) mass is 1140 g/mol. The predicted molar refractivity (Wildman–Crippen MR) is 250 cm³/mol. The summed E-state index contributed by atoms with van der Waals surface area (Å²) in [7, 11) is -14.2. The van der Waals surface area contributed by atoms with Crippen molar-refractivity contribution in [3.8, 4) is 5.69 Å². The minimum Gasteiger partial charge on any atom is -0.344 e. The molecule has 1 aliphatic rings. The maximum atomic E-state index is 15.0. The van der Waals surface area contributed by atoms with Gasteiger partial charge in [0.2, 0.25) is 41.9 Å². The number of nitro benzene ring substituents is 1. The molecule has 0 unspecified atom stereocenters. The lowest BCUT2D eigenvalue weighted by Crippen LogP contribution is -2.54. The highest BCUT2D eigenvalue weighted by Crippen LogP contribution is 2.40. The third-order valence-corrected chi connectivity index (χ3v) is 17.8. The molecular formula is C41H36BrClF5N9O11S3. The number of anilines is 1. The minimum atomic E-state index is -5.15. The summed E-state index contributed by atoms with van der Waals surface area (Å²) < 4.78 is 156. The lowest BCUT2D eigenvalue weighted by atomic mass is 10.0. The van der Waals surface area contributed by atoms with Crippen molar-refractivity contribution in [2.45, 2.75) is 43.9 Å². The van der Waals surface area contributed by atoms with E-state index in [0.29, 0.717) is 15.1 Å².